The number of hydrogen-bond acceptors (Lipinski definition) is 3. The minimum atomic E-state index is -4.45. The number of carbonyl (C=O) groups is 1. The smallest absolute Gasteiger partial charge is 0.334 e. The van der Waals surface area contributed by atoms with Gasteiger partial charge in [-0.2, -0.15) is 13.2 Å². The average molecular weight is 365 g/mol. The van der Waals surface area contributed by atoms with Crippen LogP contribution in [0.25, 0.3) is 10.2 Å². The number of fused-ring (bicyclic) bond motifs is 1. The maximum absolute atomic E-state index is 12.7. The van der Waals surface area contributed by atoms with E-state index < -0.39 is 17.8 Å². The second-order valence-corrected chi connectivity index (χ2v) is 6.66. The van der Waals surface area contributed by atoms with Crippen LogP contribution in [-0.2, 0) is 12.7 Å². The van der Waals surface area contributed by atoms with E-state index in [2.05, 4.69) is 15.6 Å². The molecular weight excluding hydrogens is 351 g/mol. The predicted molar refractivity (Wildman–Crippen MR) is 91.7 cm³/mol. The lowest BCUT2D eigenvalue weighted by atomic mass is 10.2. The van der Waals surface area contributed by atoms with Gasteiger partial charge >= 0.3 is 12.2 Å². The molecule has 0 aliphatic rings. The summed E-state index contributed by atoms with van der Waals surface area (Å²) in [6, 6.07) is 9.61. The predicted octanol–water partition coefficient (Wildman–Crippen LogP) is 4.95. The summed E-state index contributed by atoms with van der Waals surface area (Å²) in [6.45, 7) is 2.17. The van der Waals surface area contributed by atoms with Crippen molar-refractivity contribution >= 4 is 33.3 Å². The number of rotatable bonds is 3. The molecule has 0 saturated carbocycles. The van der Waals surface area contributed by atoms with Crippen molar-refractivity contribution in [3.05, 3.63) is 58.6 Å². The lowest BCUT2D eigenvalue weighted by molar-refractivity contribution is -0.137. The quantitative estimate of drug-likeness (QED) is 0.690. The lowest BCUT2D eigenvalue weighted by Gasteiger charge is -2.11. The van der Waals surface area contributed by atoms with Crippen LogP contribution in [0.3, 0.4) is 0 Å². The van der Waals surface area contributed by atoms with Crippen molar-refractivity contribution < 1.29 is 18.0 Å². The van der Waals surface area contributed by atoms with Gasteiger partial charge in [0, 0.05) is 12.2 Å². The molecular formula is C17H14F3N3OS. The SMILES string of the molecule is Cc1nc2cc(CNC(=O)Nc3cccc(C(F)(F)F)c3)ccc2s1. The van der Waals surface area contributed by atoms with Crippen molar-refractivity contribution in [1.82, 2.24) is 10.3 Å². The molecule has 2 N–H and O–H groups in total. The zero-order chi connectivity index (χ0) is 18.0. The third-order valence-corrected chi connectivity index (χ3v) is 4.41. The van der Waals surface area contributed by atoms with Gasteiger partial charge in [-0.3, -0.25) is 0 Å². The fourth-order valence-corrected chi connectivity index (χ4v) is 3.14. The first kappa shape index (κ1) is 17.2. The van der Waals surface area contributed by atoms with Crippen LogP contribution in [0.5, 0.6) is 0 Å². The van der Waals surface area contributed by atoms with E-state index in [1.54, 1.807) is 11.3 Å². The molecule has 0 atom stereocenters. The highest BCUT2D eigenvalue weighted by Gasteiger charge is 2.30. The molecule has 0 unspecified atom stereocenters. The summed E-state index contributed by atoms with van der Waals surface area (Å²) in [6.07, 6.45) is -4.45. The third kappa shape index (κ3) is 4.27. The summed E-state index contributed by atoms with van der Waals surface area (Å²) in [5.74, 6) is 0. The van der Waals surface area contributed by atoms with Crippen LogP contribution in [0.1, 0.15) is 16.1 Å². The number of carbonyl (C=O) groups excluding carboxylic acids is 1. The molecule has 0 spiro atoms. The van der Waals surface area contributed by atoms with Crippen molar-refractivity contribution in [2.75, 3.05) is 5.32 Å². The Morgan fingerprint density at radius 1 is 1.20 bits per heavy atom. The zero-order valence-corrected chi connectivity index (χ0v) is 14.0. The molecule has 1 heterocycles. The van der Waals surface area contributed by atoms with Gasteiger partial charge in [0.1, 0.15) is 0 Å². The van der Waals surface area contributed by atoms with Gasteiger partial charge in [0.15, 0.2) is 0 Å². The van der Waals surface area contributed by atoms with E-state index in [0.717, 1.165) is 32.9 Å². The molecule has 8 heteroatoms. The highest BCUT2D eigenvalue weighted by molar-refractivity contribution is 7.18. The number of alkyl halides is 3. The van der Waals surface area contributed by atoms with Gasteiger partial charge in [-0.1, -0.05) is 12.1 Å². The summed E-state index contributed by atoms with van der Waals surface area (Å²) in [4.78, 5) is 16.3. The molecule has 3 rings (SSSR count). The first-order valence-corrected chi connectivity index (χ1v) is 8.21. The zero-order valence-electron chi connectivity index (χ0n) is 13.1. The maximum Gasteiger partial charge on any atom is 0.416 e. The first-order valence-electron chi connectivity index (χ1n) is 7.39. The lowest BCUT2D eigenvalue weighted by Crippen LogP contribution is -2.28. The van der Waals surface area contributed by atoms with E-state index in [9.17, 15) is 18.0 Å². The molecule has 130 valence electrons. The highest BCUT2D eigenvalue weighted by atomic mass is 32.1. The topological polar surface area (TPSA) is 54.0 Å². The summed E-state index contributed by atoms with van der Waals surface area (Å²) in [7, 11) is 0. The van der Waals surface area contributed by atoms with E-state index in [1.807, 2.05) is 25.1 Å². The van der Waals surface area contributed by atoms with Crippen molar-refractivity contribution in [3.8, 4) is 0 Å². The Morgan fingerprint density at radius 3 is 2.76 bits per heavy atom. The number of benzene rings is 2. The van der Waals surface area contributed by atoms with Gasteiger partial charge in [-0.25, -0.2) is 9.78 Å². The van der Waals surface area contributed by atoms with Crippen molar-refractivity contribution in [3.63, 3.8) is 0 Å². The second-order valence-electron chi connectivity index (χ2n) is 5.42. The second kappa shape index (κ2) is 6.72. The van der Waals surface area contributed by atoms with Crippen molar-refractivity contribution in [1.29, 1.82) is 0 Å². The standard InChI is InChI=1S/C17H14F3N3OS/c1-10-22-14-7-11(5-6-15(14)25-10)9-21-16(24)23-13-4-2-3-12(8-13)17(18,19)20/h2-8H,9H2,1H3,(H2,21,23,24). The Morgan fingerprint density at radius 2 is 2.00 bits per heavy atom. The van der Waals surface area contributed by atoms with Crippen molar-refractivity contribution in [2.45, 2.75) is 19.6 Å². The van der Waals surface area contributed by atoms with E-state index in [1.165, 1.54) is 12.1 Å². The number of amides is 2. The number of urea groups is 1. The number of nitrogens with one attached hydrogen (secondary N) is 2. The van der Waals surface area contributed by atoms with E-state index in [-0.39, 0.29) is 12.2 Å². The molecule has 1 aromatic heterocycles. The molecule has 0 saturated heterocycles. The number of aryl methyl sites for hydroxylation is 1. The molecule has 3 aromatic rings. The molecule has 0 bridgehead atoms. The highest BCUT2D eigenvalue weighted by Crippen LogP contribution is 2.30. The number of nitrogens with zero attached hydrogens (tertiary/aromatic N) is 1. The summed E-state index contributed by atoms with van der Waals surface area (Å²) in [5.41, 5.74) is 0.990. The van der Waals surface area contributed by atoms with Crippen LogP contribution in [0.4, 0.5) is 23.7 Å². The van der Waals surface area contributed by atoms with E-state index >= 15 is 0 Å². The molecule has 4 nitrogen and oxygen atoms in total. The first-order chi connectivity index (χ1) is 11.8. The Kier molecular flexibility index (Phi) is 4.63. The number of thiazole rings is 1. The molecule has 0 fully saturated rings. The van der Waals surface area contributed by atoms with Gasteiger partial charge in [0.05, 0.1) is 20.8 Å². The van der Waals surface area contributed by atoms with Crippen LogP contribution >= 0.6 is 11.3 Å². The van der Waals surface area contributed by atoms with Gasteiger partial charge in [-0.05, 0) is 42.8 Å². The summed E-state index contributed by atoms with van der Waals surface area (Å²) in [5, 5.41) is 5.98. The Bertz CT molecular complexity index is 921. The van der Waals surface area contributed by atoms with Crippen molar-refractivity contribution in [2.24, 2.45) is 0 Å². The number of hydrogen-bond donors (Lipinski definition) is 2. The van der Waals surface area contributed by atoms with Crippen LogP contribution in [0.2, 0.25) is 0 Å². The Labute approximate surface area is 145 Å². The third-order valence-electron chi connectivity index (χ3n) is 3.46. The molecule has 0 radical (unpaired) electrons. The largest absolute Gasteiger partial charge is 0.416 e. The number of halogens is 3. The van der Waals surface area contributed by atoms with E-state index in [0.29, 0.717) is 0 Å². The molecule has 0 aliphatic heterocycles. The van der Waals surface area contributed by atoms with Crippen LogP contribution < -0.4 is 10.6 Å². The molecule has 25 heavy (non-hydrogen) atoms. The number of aromatic nitrogens is 1. The summed E-state index contributed by atoms with van der Waals surface area (Å²) < 4.78 is 39.1. The fourth-order valence-electron chi connectivity index (χ4n) is 2.33. The van der Waals surface area contributed by atoms with Crippen LogP contribution in [-0.4, -0.2) is 11.0 Å². The average Bonchev–Trinajstić information content (AvgIpc) is 2.91. The van der Waals surface area contributed by atoms with Gasteiger partial charge in [0.2, 0.25) is 0 Å². The van der Waals surface area contributed by atoms with Crippen LogP contribution in [0, 0.1) is 6.92 Å². The van der Waals surface area contributed by atoms with E-state index in [4.69, 9.17) is 0 Å². The Balaban J connectivity index is 1.62. The molecule has 2 aromatic carbocycles. The maximum atomic E-state index is 12.7. The molecule has 0 aliphatic carbocycles. The van der Waals surface area contributed by atoms with Gasteiger partial charge < -0.3 is 10.6 Å². The minimum absolute atomic E-state index is 0.0814. The number of anilines is 1. The fraction of sp³-hybridized carbons (Fsp3) is 0.176. The van der Waals surface area contributed by atoms with Crippen LogP contribution in [0.15, 0.2) is 42.5 Å². The monoisotopic (exact) mass is 365 g/mol. The Hall–Kier alpha value is -2.61. The minimum Gasteiger partial charge on any atom is -0.334 e. The van der Waals surface area contributed by atoms with Gasteiger partial charge in [0.25, 0.3) is 0 Å². The van der Waals surface area contributed by atoms with Gasteiger partial charge in [-0.15, -0.1) is 11.3 Å². The normalized spacial score (nSPS) is 11.5. The summed E-state index contributed by atoms with van der Waals surface area (Å²) >= 11 is 1.59. The molecule has 2 amide bonds.